The van der Waals surface area contributed by atoms with Crippen LogP contribution in [0.5, 0.6) is 11.5 Å². The van der Waals surface area contributed by atoms with E-state index in [-0.39, 0.29) is 12.5 Å². The predicted molar refractivity (Wildman–Crippen MR) is 130 cm³/mol. The highest BCUT2D eigenvalue weighted by Gasteiger charge is 2.12. The van der Waals surface area contributed by atoms with Gasteiger partial charge >= 0.3 is 0 Å². The lowest BCUT2D eigenvalue weighted by Gasteiger charge is -2.13. The molecule has 0 bridgehead atoms. The van der Waals surface area contributed by atoms with Crippen LogP contribution in [0.2, 0.25) is 10.0 Å². The van der Waals surface area contributed by atoms with Crippen molar-refractivity contribution in [3.63, 3.8) is 0 Å². The standard InChI is InChI=1S/C23H19BrCl2N2O4/c1-30-21-11-16(10-20(24)23(21)31-13-15-3-2-4-18(26)9-15)12-27-32-14-22(29)28-19-7-5-17(25)6-8-19/h2-12H,13-14H2,1H3,(H,28,29)/b27-12+. The van der Waals surface area contributed by atoms with Crippen LogP contribution in [0.4, 0.5) is 5.69 Å². The lowest BCUT2D eigenvalue weighted by atomic mass is 10.2. The summed E-state index contributed by atoms with van der Waals surface area (Å²) in [6, 6.07) is 17.7. The van der Waals surface area contributed by atoms with Crippen LogP contribution >= 0.6 is 39.1 Å². The molecule has 0 atom stereocenters. The highest BCUT2D eigenvalue weighted by molar-refractivity contribution is 9.10. The minimum Gasteiger partial charge on any atom is -0.493 e. The minimum absolute atomic E-state index is 0.238. The van der Waals surface area contributed by atoms with E-state index >= 15 is 0 Å². The molecule has 0 saturated heterocycles. The maximum atomic E-state index is 11.9. The summed E-state index contributed by atoms with van der Waals surface area (Å²) in [4.78, 5) is 17.0. The summed E-state index contributed by atoms with van der Waals surface area (Å²) < 4.78 is 12.0. The van der Waals surface area contributed by atoms with Crippen molar-refractivity contribution in [2.45, 2.75) is 6.61 Å². The van der Waals surface area contributed by atoms with Gasteiger partial charge in [-0.1, -0.05) is 40.5 Å². The third-order valence-corrected chi connectivity index (χ3v) is 5.20. The molecule has 0 aliphatic rings. The molecule has 3 rings (SSSR count). The van der Waals surface area contributed by atoms with Gasteiger partial charge in [-0.25, -0.2) is 0 Å². The fraction of sp³-hybridized carbons (Fsp3) is 0.130. The summed E-state index contributed by atoms with van der Waals surface area (Å²) in [5, 5.41) is 7.77. The first-order chi connectivity index (χ1) is 15.4. The largest absolute Gasteiger partial charge is 0.493 e. The molecule has 3 aromatic rings. The number of hydrogen-bond donors (Lipinski definition) is 1. The van der Waals surface area contributed by atoms with E-state index in [1.54, 1.807) is 49.6 Å². The molecular formula is C23H19BrCl2N2O4. The van der Waals surface area contributed by atoms with Crippen molar-refractivity contribution < 1.29 is 19.1 Å². The maximum Gasteiger partial charge on any atom is 0.265 e. The highest BCUT2D eigenvalue weighted by atomic mass is 79.9. The first-order valence-corrected chi connectivity index (χ1v) is 10.9. The average Bonchev–Trinajstić information content (AvgIpc) is 2.77. The van der Waals surface area contributed by atoms with Crippen LogP contribution in [0.15, 0.2) is 70.3 Å². The third kappa shape index (κ3) is 7.15. The molecule has 166 valence electrons. The number of hydrogen-bond acceptors (Lipinski definition) is 5. The number of oxime groups is 1. The van der Waals surface area contributed by atoms with E-state index < -0.39 is 0 Å². The first kappa shape index (κ1) is 23.9. The van der Waals surface area contributed by atoms with E-state index in [0.717, 1.165) is 5.56 Å². The van der Waals surface area contributed by atoms with E-state index in [4.69, 9.17) is 37.5 Å². The van der Waals surface area contributed by atoms with E-state index in [1.807, 2.05) is 18.2 Å². The predicted octanol–water partition coefficient (Wildman–Crippen LogP) is 6.33. The van der Waals surface area contributed by atoms with Gasteiger partial charge in [-0.2, -0.15) is 0 Å². The monoisotopic (exact) mass is 536 g/mol. The maximum absolute atomic E-state index is 11.9. The Bertz CT molecular complexity index is 1110. The summed E-state index contributed by atoms with van der Waals surface area (Å²) in [6.07, 6.45) is 1.48. The van der Waals surface area contributed by atoms with Gasteiger partial charge in [0, 0.05) is 21.3 Å². The molecule has 9 heteroatoms. The molecule has 0 aromatic heterocycles. The summed E-state index contributed by atoms with van der Waals surface area (Å²) in [5.74, 6) is 0.726. The second-order valence-corrected chi connectivity index (χ2v) is 8.24. The van der Waals surface area contributed by atoms with Gasteiger partial charge in [-0.15, -0.1) is 0 Å². The van der Waals surface area contributed by atoms with Crippen LogP contribution in [-0.4, -0.2) is 25.8 Å². The summed E-state index contributed by atoms with van der Waals surface area (Å²) in [7, 11) is 1.55. The van der Waals surface area contributed by atoms with Crippen molar-refractivity contribution in [2.75, 3.05) is 19.0 Å². The number of benzene rings is 3. The number of nitrogens with zero attached hydrogens (tertiary/aromatic N) is 1. The van der Waals surface area contributed by atoms with Crippen molar-refractivity contribution in [3.8, 4) is 11.5 Å². The molecular weight excluding hydrogens is 519 g/mol. The second kappa shape index (κ2) is 11.8. The summed E-state index contributed by atoms with van der Waals surface area (Å²) in [5.41, 5.74) is 2.25. The van der Waals surface area contributed by atoms with Crippen LogP contribution in [0.25, 0.3) is 0 Å². The number of nitrogens with one attached hydrogen (secondary N) is 1. The number of ether oxygens (including phenoxy) is 2. The van der Waals surface area contributed by atoms with Crippen molar-refractivity contribution in [1.29, 1.82) is 0 Å². The van der Waals surface area contributed by atoms with E-state index in [2.05, 4.69) is 26.4 Å². The molecule has 0 unspecified atom stereocenters. The fourth-order valence-electron chi connectivity index (χ4n) is 2.66. The first-order valence-electron chi connectivity index (χ1n) is 9.40. The summed E-state index contributed by atoms with van der Waals surface area (Å²) in [6.45, 7) is 0.0903. The van der Waals surface area contributed by atoms with Crippen molar-refractivity contribution >= 4 is 56.9 Å². The second-order valence-electron chi connectivity index (χ2n) is 6.52. The van der Waals surface area contributed by atoms with Gasteiger partial charge in [-0.3, -0.25) is 4.79 Å². The van der Waals surface area contributed by atoms with Crippen LogP contribution in [0.1, 0.15) is 11.1 Å². The van der Waals surface area contributed by atoms with Crippen LogP contribution < -0.4 is 14.8 Å². The molecule has 32 heavy (non-hydrogen) atoms. The Morgan fingerprint density at radius 2 is 1.88 bits per heavy atom. The van der Waals surface area contributed by atoms with Gasteiger partial charge in [0.15, 0.2) is 18.1 Å². The quantitative estimate of drug-likeness (QED) is 0.255. The number of amides is 1. The van der Waals surface area contributed by atoms with Gasteiger partial charge in [0.2, 0.25) is 0 Å². The Morgan fingerprint density at radius 3 is 2.59 bits per heavy atom. The fourth-order valence-corrected chi connectivity index (χ4v) is 3.57. The van der Waals surface area contributed by atoms with Crippen LogP contribution in [-0.2, 0) is 16.2 Å². The van der Waals surface area contributed by atoms with E-state index in [9.17, 15) is 4.79 Å². The number of halogens is 3. The Labute approximate surface area is 204 Å². The van der Waals surface area contributed by atoms with Gasteiger partial charge < -0.3 is 19.6 Å². The van der Waals surface area contributed by atoms with Gasteiger partial charge in [0.1, 0.15) is 6.61 Å². The molecule has 0 spiro atoms. The molecule has 0 fully saturated rings. The minimum atomic E-state index is -0.340. The Balaban J connectivity index is 1.56. The van der Waals surface area contributed by atoms with Gasteiger partial charge in [-0.05, 0) is 70.0 Å². The van der Waals surface area contributed by atoms with E-state index in [1.165, 1.54) is 6.21 Å². The van der Waals surface area contributed by atoms with Gasteiger partial charge in [0.05, 0.1) is 17.8 Å². The molecule has 0 heterocycles. The normalized spacial score (nSPS) is 10.8. The number of rotatable bonds is 9. The zero-order valence-electron chi connectivity index (χ0n) is 17.0. The SMILES string of the molecule is COc1cc(/C=N/OCC(=O)Nc2ccc(Cl)cc2)cc(Br)c1OCc1cccc(Cl)c1. The molecule has 0 aliphatic heterocycles. The molecule has 6 nitrogen and oxygen atoms in total. The molecule has 1 N–H and O–H groups in total. The lowest BCUT2D eigenvalue weighted by molar-refractivity contribution is -0.120. The summed E-state index contributed by atoms with van der Waals surface area (Å²) >= 11 is 15.3. The van der Waals surface area contributed by atoms with Crippen LogP contribution in [0, 0.1) is 0 Å². The van der Waals surface area contributed by atoms with Crippen LogP contribution in [0.3, 0.4) is 0 Å². The number of carbonyl (C=O) groups excluding carboxylic acids is 1. The number of carbonyl (C=O) groups is 1. The number of anilines is 1. The Kier molecular flexibility index (Phi) is 8.79. The molecule has 0 radical (unpaired) electrons. The molecule has 0 aliphatic carbocycles. The topological polar surface area (TPSA) is 69.2 Å². The smallest absolute Gasteiger partial charge is 0.265 e. The van der Waals surface area contributed by atoms with Gasteiger partial charge in [0.25, 0.3) is 5.91 Å². The van der Waals surface area contributed by atoms with E-state index in [0.29, 0.717) is 43.9 Å². The molecule has 0 saturated carbocycles. The molecule has 3 aromatic carbocycles. The zero-order valence-corrected chi connectivity index (χ0v) is 20.1. The molecule has 1 amide bonds. The average molecular weight is 538 g/mol. The van der Waals surface area contributed by atoms with Crippen molar-refractivity contribution in [3.05, 3.63) is 86.3 Å². The Hall–Kier alpha value is -2.74. The third-order valence-electron chi connectivity index (χ3n) is 4.12. The highest BCUT2D eigenvalue weighted by Crippen LogP contribution is 2.37. The lowest BCUT2D eigenvalue weighted by Crippen LogP contribution is -2.16. The zero-order chi connectivity index (χ0) is 22.9. The number of methoxy groups -OCH3 is 1. The van der Waals surface area contributed by atoms with Crippen molar-refractivity contribution in [1.82, 2.24) is 0 Å². The van der Waals surface area contributed by atoms with Crippen molar-refractivity contribution in [2.24, 2.45) is 5.16 Å². The Morgan fingerprint density at radius 1 is 1.09 bits per heavy atom.